The predicted octanol–water partition coefficient (Wildman–Crippen LogP) is 4.69. The molecule has 3 rings (SSSR count). The van der Waals surface area contributed by atoms with Crippen molar-refractivity contribution in [1.29, 1.82) is 0 Å². The minimum atomic E-state index is 0.106. The van der Waals surface area contributed by atoms with Crippen molar-refractivity contribution < 1.29 is 14.3 Å². The van der Waals surface area contributed by atoms with Crippen molar-refractivity contribution in [2.75, 3.05) is 13.2 Å². The summed E-state index contributed by atoms with van der Waals surface area (Å²) in [5, 5.41) is 3.89. The van der Waals surface area contributed by atoms with Gasteiger partial charge >= 0.3 is 0 Å². The van der Waals surface area contributed by atoms with E-state index in [1.807, 2.05) is 12.1 Å². The van der Waals surface area contributed by atoms with Gasteiger partial charge in [-0.25, -0.2) is 0 Å². The van der Waals surface area contributed by atoms with E-state index < -0.39 is 0 Å². The van der Waals surface area contributed by atoms with Gasteiger partial charge in [-0.15, -0.1) is 0 Å². The summed E-state index contributed by atoms with van der Waals surface area (Å²) in [7, 11) is 0. The first-order chi connectivity index (χ1) is 11.6. The zero-order chi connectivity index (χ0) is 16.9. The Kier molecular flexibility index (Phi) is 5.48. The molecular weight excluding hydrogens is 349 g/mol. The standard InChI is InChI=1S/C18H17Cl2NO3/c19-13-2-1-3-14(10-13)24-15-6-7-17(16(20)11-15)23-9-8-21-18(22)12-4-5-12/h1-3,6-7,10-12H,4-5,8-9H2,(H,21,22). The second-order valence-electron chi connectivity index (χ2n) is 5.57. The maximum absolute atomic E-state index is 11.5. The highest BCUT2D eigenvalue weighted by molar-refractivity contribution is 6.32. The lowest BCUT2D eigenvalue weighted by molar-refractivity contribution is -0.122. The minimum absolute atomic E-state index is 0.106. The fourth-order valence-corrected chi connectivity index (χ4v) is 2.56. The molecule has 0 spiro atoms. The molecule has 0 saturated heterocycles. The molecule has 0 aromatic heterocycles. The number of carbonyl (C=O) groups excluding carboxylic acids is 1. The Morgan fingerprint density at radius 2 is 1.92 bits per heavy atom. The van der Waals surface area contributed by atoms with E-state index in [1.54, 1.807) is 30.3 Å². The largest absolute Gasteiger partial charge is 0.490 e. The van der Waals surface area contributed by atoms with Crippen molar-refractivity contribution in [2.45, 2.75) is 12.8 Å². The highest BCUT2D eigenvalue weighted by atomic mass is 35.5. The van der Waals surface area contributed by atoms with Gasteiger partial charge < -0.3 is 14.8 Å². The van der Waals surface area contributed by atoms with Crippen molar-refractivity contribution >= 4 is 29.1 Å². The molecule has 24 heavy (non-hydrogen) atoms. The van der Waals surface area contributed by atoms with Crippen LogP contribution in [0.2, 0.25) is 10.0 Å². The van der Waals surface area contributed by atoms with Gasteiger partial charge in [0.05, 0.1) is 11.6 Å². The number of amides is 1. The van der Waals surface area contributed by atoms with Crippen LogP contribution in [0.4, 0.5) is 0 Å². The number of carbonyl (C=O) groups is 1. The van der Waals surface area contributed by atoms with E-state index in [0.717, 1.165) is 12.8 Å². The summed E-state index contributed by atoms with van der Waals surface area (Å²) in [6.45, 7) is 0.832. The monoisotopic (exact) mass is 365 g/mol. The SMILES string of the molecule is O=C(NCCOc1ccc(Oc2cccc(Cl)c2)cc1Cl)C1CC1. The molecule has 2 aromatic carbocycles. The second-order valence-corrected chi connectivity index (χ2v) is 6.41. The van der Waals surface area contributed by atoms with Crippen molar-refractivity contribution in [1.82, 2.24) is 5.32 Å². The van der Waals surface area contributed by atoms with Crippen LogP contribution < -0.4 is 14.8 Å². The van der Waals surface area contributed by atoms with E-state index in [0.29, 0.717) is 40.4 Å². The molecule has 1 fully saturated rings. The van der Waals surface area contributed by atoms with Crippen LogP contribution in [-0.2, 0) is 4.79 Å². The maximum atomic E-state index is 11.5. The van der Waals surface area contributed by atoms with Gasteiger partial charge in [-0.1, -0.05) is 29.3 Å². The van der Waals surface area contributed by atoms with E-state index >= 15 is 0 Å². The summed E-state index contributed by atoms with van der Waals surface area (Å²) < 4.78 is 11.3. The Morgan fingerprint density at radius 1 is 1.12 bits per heavy atom. The van der Waals surface area contributed by atoms with Crippen molar-refractivity contribution in [3.05, 3.63) is 52.5 Å². The van der Waals surface area contributed by atoms with Crippen LogP contribution in [0.5, 0.6) is 17.2 Å². The lowest BCUT2D eigenvalue weighted by Crippen LogP contribution is -2.29. The average molecular weight is 366 g/mol. The molecule has 0 atom stereocenters. The van der Waals surface area contributed by atoms with Crippen LogP contribution in [-0.4, -0.2) is 19.1 Å². The first-order valence-electron chi connectivity index (χ1n) is 7.75. The Labute approximate surface area is 150 Å². The van der Waals surface area contributed by atoms with Gasteiger partial charge in [0.2, 0.25) is 5.91 Å². The van der Waals surface area contributed by atoms with Crippen molar-refractivity contribution in [3.8, 4) is 17.2 Å². The number of ether oxygens (including phenoxy) is 2. The highest BCUT2D eigenvalue weighted by Gasteiger charge is 2.29. The molecular formula is C18H17Cl2NO3. The molecule has 0 radical (unpaired) electrons. The predicted molar refractivity (Wildman–Crippen MR) is 94.2 cm³/mol. The lowest BCUT2D eigenvalue weighted by atomic mass is 10.3. The molecule has 6 heteroatoms. The summed E-state index contributed by atoms with van der Waals surface area (Å²) in [4.78, 5) is 11.5. The Morgan fingerprint density at radius 3 is 2.62 bits per heavy atom. The third-order valence-corrected chi connectivity index (χ3v) is 4.07. The van der Waals surface area contributed by atoms with E-state index in [1.165, 1.54) is 0 Å². The number of rotatable bonds is 7. The Bertz CT molecular complexity index is 732. The number of benzene rings is 2. The molecule has 1 aliphatic carbocycles. The normalized spacial score (nSPS) is 13.4. The maximum Gasteiger partial charge on any atom is 0.223 e. The number of halogens is 2. The molecule has 0 bridgehead atoms. The molecule has 1 aliphatic rings. The smallest absolute Gasteiger partial charge is 0.223 e. The first-order valence-corrected chi connectivity index (χ1v) is 8.51. The van der Waals surface area contributed by atoms with Crippen LogP contribution in [0.1, 0.15) is 12.8 Å². The van der Waals surface area contributed by atoms with Gasteiger partial charge in [0, 0.05) is 17.0 Å². The van der Waals surface area contributed by atoms with E-state index in [2.05, 4.69) is 5.32 Å². The van der Waals surface area contributed by atoms with E-state index in [9.17, 15) is 4.79 Å². The number of hydrogen-bond acceptors (Lipinski definition) is 3. The molecule has 0 aliphatic heterocycles. The summed E-state index contributed by atoms with van der Waals surface area (Å²) >= 11 is 12.1. The zero-order valence-corrected chi connectivity index (χ0v) is 14.4. The van der Waals surface area contributed by atoms with Gasteiger partial charge in [0.15, 0.2) is 0 Å². The molecule has 2 aromatic rings. The van der Waals surface area contributed by atoms with Crippen molar-refractivity contribution in [3.63, 3.8) is 0 Å². The second kappa shape index (κ2) is 7.77. The third kappa shape index (κ3) is 4.79. The molecule has 1 saturated carbocycles. The minimum Gasteiger partial charge on any atom is -0.490 e. The van der Waals surface area contributed by atoms with Crippen LogP contribution >= 0.6 is 23.2 Å². The van der Waals surface area contributed by atoms with Crippen LogP contribution in [0.15, 0.2) is 42.5 Å². The third-order valence-electron chi connectivity index (χ3n) is 3.54. The quantitative estimate of drug-likeness (QED) is 0.723. The number of nitrogens with one attached hydrogen (secondary N) is 1. The average Bonchev–Trinajstić information content (AvgIpc) is 3.38. The van der Waals surface area contributed by atoms with Crippen LogP contribution in [0.3, 0.4) is 0 Å². The molecule has 1 N–H and O–H groups in total. The van der Waals surface area contributed by atoms with Gasteiger partial charge in [0.1, 0.15) is 23.9 Å². The van der Waals surface area contributed by atoms with E-state index in [-0.39, 0.29) is 11.8 Å². The molecule has 4 nitrogen and oxygen atoms in total. The fourth-order valence-electron chi connectivity index (χ4n) is 2.15. The highest BCUT2D eigenvalue weighted by Crippen LogP contribution is 2.32. The summed E-state index contributed by atoms with van der Waals surface area (Å²) in [6.07, 6.45) is 1.99. The number of hydrogen-bond donors (Lipinski definition) is 1. The molecule has 0 unspecified atom stereocenters. The van der Waals surface area contributed by atoms with Gasteiger partial charge in [-0.3, -0.25) is 4.79 Å². The molecule has 126 valence electrons. The van der Waals surface area contributed by atoms with Crippen LogP contribution in [0.25, 0.3) is 0 Å². The van der Waals surface area contributed by atoms with Gasteiger partial charge in [0.25, 0.3) is 0 Å². The first kappa shape index (κ1) is 16.9. The summed E-state index contributed by atoms with van der Waals surface area (Å²) in [6, 6.07) is 12.3. The molecule has 0 heterocycles. The van der Waals surface area contributed by atoms with Crippen LogP contribution in [0, 0.1) is 5.92 Å². The van der Waals surface area contributed by atoms with Gasteiger partial charge in [-0.2, -0.15) is 0 Å². The summed E-state index contributed by atoms with van der Waals surface area (Å²) in [5.41, 5.74) is 0. The Balaban J connectivity index is 1.51. The topological polar surface area (TPSA) is 47.6 Å². The zero-order valence-electron chi connectivity index (χ0n) is 12.9. The molecule has 1 amide bonds. The van der Waals surface area contributed by atoms with Gasteiger partial charge in [-0.05, 0) is 43.2 Å². The fraction of sp³-hybridized carbons (Fsp3) is 0.278. The Hall–Kier alpha value is -1.91. The van der Waals surface area contributed by atoms with E-state index in [4.69, 9.17) is 32.7 Å². The van der Waals surface area contributed by atoms with Crippen molar-refractivity contribution in [2.24, 2.45) is 5.92 Å². The summed E-state index contributed by atoms with van der Waals surface area (Å²) in [5.74, 6) is 2.09. The lowest BCUT2D eigenvalue weighted by Gasteiger charge is -2.11.